The molecule has 0 amide bonds. The van der Waals surface area contributed by atoms with Gasteiger partial charge in [-0.3, -0.25) is 4.68 Å². The SMILES string of the molecule is Cc1nn(C)c(N2CCNC(C)C2)c1C#N. The average Bonchev–Trinajstić information content (AvgIpc) is 2.52. The molecule has 86 valence electrons. The van der Waals surface area contributed by atoms with E-state index >= 15 is 0 Å². The maximum absolute atomic E-state index is 9.16. The van der Waals surface area contributed by atoms with Gasteiger partial charge in [-0.2, -0.15) is 10.4 Å². The van der Waals surface area contributed by atoms with Gasteiger partial charge in [0.1, 0.15) is 17.5 Å². The van der Waals surface area contributed by atoms with Gasteiger partial charge < -0.3 is 10.2 Å². The lowest BCUT2D eigenvalue weighted by Gasteiger charge is -2.33. The van der Waals surface area contributed by atoms with E-state index in [1.165, 1.54) is 0 Å². The van der Waals surface area contributed by atoms with E-state index in [0.717, 1.165) is 31.1 Å². The molecule has 5 heteroatoms. The van der Waals surface area contributed by atoms with Crippen molar-refractivity contribution in [2.24, 2.45) is 7.05 Å². The van der Waals surface area contributed by atoms with E-state index < -0.39 is 0 Å². The van der Waals surface area contributed by atoms with Crippen LogP contribution in [0.25, 0.3) is 0 Å². The van der Waals surface area contributed by atoms with Crippen molar-refractivity contribution in [2.75, 3.05) is 24.5 Å². The Morgan fingerprint density at radius 3 is 2.94 bits per heavy atom. The minimum Gasteiger partial charge on any atom is -0.353 e. The largest absolute Gasteiger partial charge is 0.353 e. The fourth-order valence-electron chi connectivity index (χ4n) is 2.26. The summed E-state index contributed by atoms with van der Waals surface area (Å²) in [5, 5.41) is 16.9. The van der Waals surface area contributed by atoms with Gasteiger partial charge in [0.15, 0.2) is 0 Å². The van der Waals surface area contributed by atoms with Crippen molar-refractivity contribution in [2.45, 2.75) is 19.9 Å². The second-order valence-electron chi connectivity index (χ2n) is 4.32. The third-order valence-corrected chi connectivity index (χ3v) is 2.97. The van der Waals surface area contributed by atoms with Crippen LogP contribution in [0, 0.1) is 18.3 Å². The van der Waals surface area contributed by atoms with E-state index in [1.807, 2.05) is 18.7 Å². The molecular formula is C11H17N5. The summed E-state index contributed by atoms with van der Waals surface area (Å²) in [6, 6.07) is 2.71. The van der Waals surface area contributed by atoms with Crippen LogP contribution in [0.4, 0.5) is 5.82 Å². The summed E-state index contributed by atoms with van der Waals surface area (Å²) in [5.41, 5.74) is 1.52. The van der Waals surface area contributed by atoms with Crippen LogP contribution in [0.1, 0.15) is 18.2 Å². The van der Waals surface area contributed by atoms with E-state index in [-0.39, 0.29) is 0 Å². The summed E-state index contributed by atoms with van der Waals surface area (Å²) in [6.45, 7) is 6.84. The predicted molar refractivity (Wildman–Crippen MR) is 62.3 cm³/mol. The monoisotopic (exact) mass is 219 g/mol. The molecule has 0 saturated carbocycles. The molecule has 1 unspecified atom stereocenters. The number of aryl methyl sites for hydroxylation is 2. The van der Waals surface area contributed by atoms with Crippen LogP contribution < -0.4 is 10.2 Å². The molecule has 16 heavy (non-hydrogen) atoms. The standard InChI is InChI=1S/C11H17N5/c1-8-7-16(5-4-13-8)11-10(6-12)9(2)14-15(11)3/h8,13H,4-5,7H2,1-3H3. The Morgan fingerprint density at radius 1 is 1.56 bits per heavy atom. The Morgan fingerprint density at radius 2 is 2.31 bits per heavy atom. The highest BCUT2D eigenvalue weighted by atomic mass is 15.4. The fourth-order valence-corrected chi connectivity index (χ4v) is 2.26. The maximum atomic E-state index is 9.16. The summed E-state index contributed by atoms with van der Waals surface area (Å²) in [6.07, 6.45) is 0. The quantitative estimate of drug-likeness (QED) is 0.742. The number of hydrogen-bond acceptors (Lipinski definition) is 4. The van der Waals surface area contributed by atoms with Crippen LogP contribution in [-0.2, 0) is 7.05 Å². The van der Waals surface area contributed by atoms with Gasteiger partial charge in [-0.15, -0.1) is 0 Å². The normalized spacial score (nSPS) is 20.9. The lowest BCUT2D eigenvalue weighted by Crippen LogP contribution is -2.50. The second kappa shape index (κ2) is 4.14. The molecule has 0 aliphatic carbocycles. The molecule has 0 spiro atoms. The highest BCUT2D eigenvalue weighted by molar-refractivity contribution is 5.57. The summed E-state index contributed by atoms with van der Waals surface area (Å²) in [7, 11) is 1.90. The first kappa shape index (κ1) is 11.0. The smallest absolute Gasteiger partial charge is 0.145 e. The molecule has 1 saturated heterocycles. The summed E-state index contributed by atoms with van der Waals surface area (Å²) >= 11 is 0. The van der Waals surface area contributed by atoms with Gasteiger partial charge in [0.05, 0.1) is 5.69 Å². The van der Waals surface area contributed by atoms with Crippen molar-refractivity contribution in [1.82, 2.24) is 15.1 Å². The molecule has 1 atom stereocenters. The first-order valence-corrected chi connectivity index (χ1v) is 5.55. The zero-order valence-electron chi connectivity index (χ0n) is 9.99. The zero-order valence-corrected chi connectivity index (χ0v) is 9.99. The van der Waals surface area contributed by atoms with Gasteiger partial charge in [-0.05, 0) is 13.8 Å². The van der Waals surface area contributed by atoms with Crippen molar-refractivity contribution in [3.05, 3.63) is 11.3 Å². The Bertz CT molecular complexity index is 428. The van der Waals surface area contributed by atoms with Gasteiger partial charge >= 0.3 is 0 Å². The fraction of sp³-hybridized carbons (Fsp3) is 0.636. The van der Waals surface area contributed by atoms with Gasteiger partial charge in [0.25, 0.3) is 0 Å². The van der Waals surface area contributed by atoms with Crippen LogP contribution in [0.15, 0.2) is 0 Å². The number of hydrogen-bond donors (Lipinski definition) is 1. The Balaban J connectivity index is 2.36. The first-order chi connectivity index (χ1) is 7.63. The molecule has 0 bridgehead atoms. The summed E-state index contributed by atoms with van der Waals surface area (Å²) in [4.78, 5) is 2.24. The van der Waals surface area contributed by atoms with Crippen LogP contribution >= 0.6 is 0 Å². The Hall–Kier alpha value is -1.54. The van der Waals surface area contributed by atoms with Crippen LogP contribution in [0.3, 0.4) is 0 Å². The molecule has 0 aromatic carbocycles. The van der Waals surface area contributed by atoms with Crippen molar-refractivity contribution in [1.29, 1.82) is 5.26 Å². The molecule has 1 N–H and O–H groups in total. The molecule has 1 aromatic rings. The van der Waals surface area contributed by atoms with Crippen LogP contribution in [0.5, 0.6) is 0 Å². The number of nitrogens with zero attached hydrogens (tertiary/aromatic N) is 4. The van der Waals surface area contributed by atoms with Gasteiger partial charge in [-0.25, -0.2) is 0 Å². The van der Waals surface area contributed by atoms with Crippen molar-refractivity contribution in [3.8, 4) is 6.07 Å². The number of rotatable bonds is 1. The van der Waals surface area contributed by atoms with E-state index in [4.69, 9.17) is 5.26 Å². The van der Waals surface area contributed by atoms with Gasteiger partial charge in [0, 0.05) is 32.7 Å². The second-order valence-corrected chi connectivity index (χ2v) is 4.32. The molecule has 2 rings (SSSR count). The average molecular weight is 219 g/mol. The van der Waals surface area contributed by atoms with E-state index in [9.17, 15) is 0 Å². The third-order valence-electron chi connectivity index (χ3n) is 2.97. The van der Waals surface area contributed by atoms with E-state index in [2.05, 4.69) is 28.3 Å². The molecule has 5 nitrogen and oxygen atoms in total. The van der Waals surface area contributed by atoms with Gasteiger partial charge in [-0.1, -0.05) is 0 Å². The highest BCUT2D eigenvalue weighted by Gasteiger charge is 2.23. The highest BCUT2D eigenvalue weighted by Crippen LogP contribution is 2.23. The Kier molecular flexibility index (Phi) is 2.84. The van der Waals surface area contributed by atoms with Gasteiger partial charge in [0.2, 0.25) is 0 Å². The lowest BCUT2D eigenvalue weighted by molar-refractivity contribution is 0.477. The number of nitrogens with one attached hydrogen (secondary N) is 1. The maximum Gasteiger partial charge on any atom is 0.145 e. The minimum absolute atomic E-state index is 0.454. The zero-order chi connectivity index (χ0) is 11.7. The molecule has 0 radical (unpaired) electrons. The molecule has 2 heterocycles. The molecule has 1 aromatic heterocycles. The van der Waals surface area contributed by atoms with Crippen molar-refractivity contribution in [3.63, 3.8) is 0 Å². The summed E-state index contributed by atoms with van der Waals surface area (Å²) in [5.74, 6) is 0.952. The molecule has 1 aliphatic rings. The third kappa shape index (κ3) is 1.76. The number of anilines is 1. The Labute approximate surface area is 95.7 Å². The number of nitriles is 1. The molecular weight excluding hydrogens is 202 g/mol. The summed E-state index contributed by atoms with van der Waals surface area (Å²) < 4.78 is 1.81. The first-order valence-electron chi connectivity index (χ1n) is 5.55. The van der Waals surface area contributed by atoms with Crippen molar-refractivity contribution >= 4 is 5.82 Å². The van der Waals surface area contributed by atoms with Crippen molar-refractivity contribution < 1.29 is 0 Å². The van der Waals surface area contributed by atoms with Crippen LogP contribution in [-0.4, -0.2) is 35.5 Å². The molecule has 1 aliphatic heterocycles. The van der Waals surface area contributed by atoms with E-state index in [0.29, 0.717) is 11.6 Å². The number of piperazine rings is 1. The predicted octanol–water partition coefficient (Wildman–Crippen LogP) is 0.398. The molecule has 1 fully saturated rings. The topological polar surface area (TPSA) is 56.9 Å². The minimum atomic E-state index is 0.454. The van der Waals surface area contributed by atoms with Crippen LogP contribution in [0.2, 0.25) is 0 Å². The number of aromatic nitrogens is 2. The lowest BCUT2D eigenvalue weighted by atomic mass is 10.2. The van der Waals surface area contributed by atoms with E-state index in [1.54, 1.807) is 0 Å².